The fraction of sp³-hybridized carbons (Fsp3) is 0.0938. The zero-order chi connectivity index (χ0) is 27.2. The Balaban J connectivity index is 1.43. The van der Waals surface area contributed by atoms with Crippen molar-refractivity contribution in [1.29, 1.82) is 5.26 Å². The Kier molecular flexibility index (Phi) is 5.49. The van der Waals surface area contributed by atoms with Crippen LogP contribution in [0.15, 0.2) is 85.2 Å². The van der Waals surface area contributed by atoms with Crippen LogP contribution in [0.3, 0.4) is 0 Å². The first-order valence-electron chi connectivity index (χ1n) is 12.8. The van der Waals surface area contributed by atoms with E-state index in [0.717, 1.165) is 44.6 Å². The highest BCUT2D eigenvalue weighted by atomic mass is 16.5. The minimum Gasteiger partial charge on any atom is -0.497 e. The molecule has 0 saturated heterocycles. The standard InChI is InChI=1S/C32H22N6O2/c1-19-8-11-22-12-15-25-26(21-6-4-3-5-7-21)27-31-36-30(23(17-33)16-20-9-13-24(39-2)14-10-20)37-38(31)18-34-32(27)40-29(25)28(22)35-19/h3-16,18,26H,1-2H3/b23-16+. The molecule has 0 aliphatic carbocycles. The highest BCUT2D eigenvalue weighted by Crippen LogP contribution is 2.49. The van der Waals surface area contributed by atoms with E-state index in [-0.39, 0.29) is 5.92 Å². The van der Waals surface area contributed by atoms with Crippen molar-refractivity contribution < 1.29 is 9.47 Å². The van der Waals surface area contributed by atoms with Gasteiger partial charge in [0, 0.05) is 22.6 Å². The number of aryl methyl sites for hydroxylation is 1. The van der Waals surface area contributed by atoms with Crippen molar-refractivity contribution in [1.82, 2.24) is 24.6 Å². The summed E-state index contributed by atoms with van der Waals surface area (Å²) in [7, 11) is 1.62. The molecule has 3 aromatic carbocycles. The van der Waals surface area contributed by atoms with E-state index in [0.29, 0.717) is 28.7 Å². The molecule has 0 radical (unpaired) electrons. The third-order valence-electron chi connectivity index (χ3n) is 7.09. The van der Waals surface area contributed by atoms with Gasteiger partial charge in [-0.3, -0.25) is 0 Å². The maximum atomic E-state index is 10.0. The Bertz CT molecular complexity index is 1990. The van der Waals surface area contributed by atoms with Crippen molar-refractivity contribution in [2.45, 2.75) is 12.8 Å². The maximum Gasteiger partial charge on any atom is 0.228 e. The first kappa shape index (κ1) is 23.6. The minimum atomic E-state index is -0.226. The number of benzene rings is 3. The average Bonchev–Trinajstić information content (AvgIpc) is 3.44. The molecule has 40 heavy (non-hydrogen) atoms. The van der Waals surface area contributed by atoms with E-state index < -0.39 is 0 Å². The summed E-state index contributed by atoms with van der Waals surface area (Å²) in [6.45, 7) is 1.97. The number of hydrogen-bond donors (Lipinski definition) is 0. The number of aromatic nitrogens is 5. The monoisotopic (exact) mass is 522 g/mol. The molecule has 0 bridgehead atoms. The van der Waals surface area contributed by atoms with Crippen molar-refractivity contribution in [3.63, 3.8) is 0 Å². The second-order valence-corrected chi connectivity index (χ2v) is 9.56. The fourth-order valence-corrected chi connectivity index (χ4v) is 5.18. The number of fused-ring (bicyclic) bond motifs is 6. The Morgan fingerprint density at radius 3 is 2.58 bits per heavy atom. The Labute approximate surface area is 229 Å². The predicted molar refractivity (Wildman–Crippen MR) is 151 cm³/mol. The molecular weight excluding hydrogens is 500 g/mol. The van der Waals surface area contributed by atoms with Crippen LogP contribution in [0.5, 0.6) is 17.4 Å². The van der Waals surface area contributed by atoms with Crippen molar-refractivity contribution in [3.8, 4) is 23.4 Å². The second-order valence-electron chi connectivity index (χ2n) is 9.56. The average molecular weight is 523 g/mol. The second kappa shape index (κ2) is 9.33. The zero-order valence-electron chi connectivity index (χ0n) is 21.7. The van der Waals surface area contributed by atoms with Crippen LogP contribution < -0.4 is 9.47 Å². The molecule has 7 rings (SSSR count). The van der Waals surface area contributed by atoms with Crippen molar-refractivity contribution >= 4 is 28.2 Å². The molecule has 8 nitrogen and oxygen atoms in total. The van der Waals surface area contributed by atoms with E-state index in [1.165, 1.54) is 0 Å². The number of nitriles is 1. The molecule has 3 aromatic heterocycles. The SMILES string of the molecule is COc1ccc(/C=C(\C#N)c2nc3c4c(ncn3n2)Oc2c(ccc3ccc(C)nc23)C4c2ccccc2)cc1. The van der Waals surface area contributed by atoms with Crippen molar-refractivity contribution in [2.75, 3.05) is 7.11 Å². The van der Waals surface area contributed by atoms with Gasteiger partial charge in [0.2, 0.25) is 5.88 Å². The van der Waals surface area contributed by atoms with Crippen LogP contribution in [0.25, 0.3) is 28.2 Å². The van der Waals surface area contributed by atoms with Gasteiger partial charge in [0.25, 0.3) is 0 Å². The number of ether oxygens (including phenoxy) is 2. The van der Waals surface area contributed by atoms with Crippen molar-refractivity contribution in [3.05, 3.63) is 119 Å². The lowest BCUT2D eigenvalue weighted by atomic mass is 9.83. The Morgan fingerprint density at radius 2 is 1.80 bits per heavy atom. The normalized spacial score (nSPS) is 14.3. The summed E-state index contributed by atoms with van der Waals surface area (Å²) in [6, 6.07) is 28.1. The summed E-state index contributed by atoms with van der Waals surface area (Å²) in [5, 5.41) is 15.6. The number of pyridine rings is 1. The van der Waals surface area contributed by atoms with Gasteiger partial charge in [0.1, 0.15) is 23.7 Å². The topological polar surface area (TPSA) is 98.2 Å². The molecule has 0 saturated carbocycles. The highest BCUT2D eigenvalue weighted by molar-refractivity contribution is 5.89. The fourth-order valence-electron chi connectivity index (χ4n) is 5.18. The van der Waals surface area contributed by atoms with Gasteiger partial charge >= 0.3 is 0 Å². The molecular formula is C32H22N6O2. The van der Waals surface area contributed by atoms with E-state index in [1.54, 1.807) is 24.0 Å². The molecule has 1 unspecified atom stereocenters. The van der Waals surface area contributed by atoms with E-state index in [2.05, 4.69) is 40.4 Å². The van der Waals surface area contributed by atoms with Crippen LogP contribution in [0.1, 0.15) is 39.7 Å². The summed E-state index contributed by atoms with van der Waals surface area (Å²) in [5.41, 5.74) is 6.27. The van der Waals surface area contributed by atoms with Gasteiger partial charge in [0.15, 0.2) is 17.2 Å². The van der Waals surface area contributed by atoms with Gasteiger partial charge in [-0.25, -0.2) is 19.5 Å². The third kappa shape index (κ3) is 3.84. The number of rotatable bonds is 4. The number of allylic oxidation sites excluding steroid dienone is 1. The van der Waals surface area contributed by atoms with Crippen LogP contribution in [0, 0.1) is 18.3 Å². The minimum absolute atomic E-state index is 0.226. The predicted octanol–water partition coefficient (Wildman–Crippen LogP) is 6.34. The molecule has 1 aliphatic heterocycles. The van der Waals surface area contributed by atoms with E-state index in [9.17, 15) is 5.26 Å². The molecule has 192 valence electrons. The lowest BCUT2D eigenvalue weighted by Crippen LogP contribution is -2.15. The van der Waals surface area contributed by atoms with Gasteiger partial charge < -0.3 is 9.47 Å². The van der Waals surface area contributed by atoms with Gasteiger partial charge in [0.05, 0.1) is 18.2 Å². The molecule has 0 spiro atoms. The number of hydrogen-bond acceptors (Lipinski definition) is 7. The quantitative estimate of drug-likeness (QED) is 0.249. The van der Waals surface area contributed by atoms with E-state index >= 15 is 0 Å². The van der Waals surface area contributed by atoms with Crippen LogP contribution >= 0.6 is 0 Å². The molecule has 0 N–H and O–H groups in total. The third-order valence-corrected chi connectivity index (χ3v) is 7.09. The van der Waals surface area contributed by atoms with Gasteiger partial charge in [-0.2, -0.15) is 5.26 Å². The first-order valence-corrected chi connectivity index (χ1v) is 12.8. The van der Waals surface area contributed by atoms with Gasteiger partial charge in [-0.15, -0.1) is 5.10 Å². The van der Waals surface area contributed by atoms with E-state index in [1.807, 2.05) is 61.5 Å². The summed E-state index contributed by atoms with van der Waals surface area (Å²) in [6.07, 6.45) is 3.33. The van der Waals surface area contributed by atoms with Crippen LogP contribution in [-0.2, 0) is 0 Å². The molecule has 0 fully saturated rings. The summed E-state index contributed by atoms with van der Waals surface area (Å²) in [4.78, 5) is 14.3. The van der Waals surface area contributed by atoms with Crippen LogP contribution in [0.4, 0.5) is 0 Å². The summed E-state index contributed by atoms with van der Waals surface area (Å²) in [5.74, 6) is 1.96. The number of methoxy groups -OCH3 is 1. The first-order chi connectivity index (χ1) is 19.6. The lowest BCUT2D eigenvalue weighted by Gasteiger charge is -2.28. The lowest BCUT2D eigenvalue weighted by molar-refractivity contribution is 0.415. The summed E-state index contributed by atoms with van der Waals surface area (Å²) >= 11 is 0. The largest absolute Gasteiger partial charge is 0.497 e. The molecule has 6 aromatic rings. The van der Waals surface area contributed by atoms with Crippen LogP contribution in [-0.4, -0.2) is 31.7 Å². The molecule has 4 heterocycles. The smallest absolute Gasteiger partial charge is 0.228 e. The molecule has 1 aliphatic rings. The Morgan fingerprint density at radius 1 is 1.00 bits per heavy atom. The van der Waals surface area contributed by atoms with Gasteiger partial charge in [-0.1, -0.05) is 60.7 Å². The number of nitrogens with zero attached hydrogens (tertiary/aromatic N) is 6. The van der Waals surface area contributed by atoms with Crippen LogP contribution in [0.2, 0.25) is 0 Å². The maximum absolute atomic E-state index is 10.0. The highest BCUT2D eigenvalue weighted by Gasteiger charge is 2.34. The molecule has 0 amide bonds. The zero-order valence-corrected chi connectivity index (χ0v) is 21.7. The summed E-state index contributed by atoms with van der Waals surface area (Å²) < 4.78 is 13.3. The van der Waals surface area contributed by atoms with Gasteiger partial charge in [-0.05, 0) is 42.3 Å². The van der Waals surface area contributed by atoms with Crippen molar-refractivity contribution in [2.24, 2.45) is 0 Å². The Hall–Kier alpha value is -5.55. The van der Waals surface area contributed by atoms with E-state index in [4.69, 9.17) is 19.4 Å². The molecule has 1 atom stereocenters. The molecule has 8 heteroatoms.